The van der Waals surface area contributed by atoms with E-state index in [4.69, 9.17) is 5.73 Å². The summed E-state index contributed by atoms with van der Waals surface area (Å²) in [4.78, 5) is -0.397. The summed E-state index contributed by atoms with van der Waals surface area (Å²) in [5.74, 6) is -0.660. The van der Waals surface area contributed by atoms with Gasteiger partial charge in [-0.05, 0) is 34.0 Å². The third-order valence-corrected chi connectivity index (χ3v) is 4.89. The number of nitrogens with zero attached hydrogens (tertiary/aromatic N) is 1. The average Bonchev–Trinajstić information content (AvgIpc) is 2.22. The zero-order valence-corrected chi connectivity index (χ0v) is 12.8. The Bertz CT molecular complexity index is 546. The maximum absolute atomic E-state index is 13.7. The molecule has 0 aliphatic heterocycles. The summed E-state index contributed by atoms with van der Waals surface area (Å²) in [5, 5.41) is 0. The van der Waals surface area contributed by atoms with Crippen molar-refractivity contribution in [2.45, 2.75) is 18.7 Å². The first-order chi connectivity index (χ1) is 8.16. The molecule has 2 N–H and O–H groups in total. The Balaban J connectivity index is 3.24. The molecule has 4 nitrogen and oxygen atoms in total. The molecule has 1 aromatic carbocycles. The normalized spacial score (nSPS) is 12.4. The summed E-state index contributed by atoms with van der Waals surface area (Å²) in [7, 11) is -2.42. The minimum absolute atomic E-state index is 0.153. The second-order valence-corrected chi connectivity index (χ2v) is 7.35. The van der Waals surface area contributed by atoms with Crippen molar-refractivity contribution in [3.05, 3.63) is 22.4 Å². The molecule has 102 valence electrons. The van der Waals surface area contributed by atoms with Crippen LogP contribution in [0.4, 0.5) is 10.1 Å². The minimum Gasteiger partial charge on any atom is -0.398 e. The molecule has 0 fully saturated rings. The highest BCUT2D eigenvalue weighted by Crippen LogP contribution is 2.27. The van der Waals surface area contributed by atoms with E-state index in [-0.39, 0.29) is 11.6 Å². The fourth-order valence-electron chi connectivity index (χ4n) is 1.52. The first-order valence-electron chi connectivity index (χ1n) is 5.37. The molecular weight excluding hydrogens is 323 g/mol. The Labute approximate surface area is 115 Å². The van der Waals surface area contributed by atoms with Crippen LogP contribution in [-0.2, 0) is 10.0 Å². The van der Waals surface area contributed by atoms with Gasteiger partial charge in [0.1, 0.15) is 10.7 Å². The number of hydrogen-bond donors (Lipinski definition) is 1. The van der Waals surface area contributed by atoms with Crippen molar-refractivity contribution in [3.8, 4) is 0 Å². The van der Waals surface area contributed by atoms with Gasteiger partial charge in [0, 0.05) is 23.8 Å². The Hall–Kier alpha value is -0.660. The molecular formula is C11H16BrFN2O2S. The number of nitrogen functional groups attached to an aromatic ring is 1. The third kappa shape index (κ3) is 3.21. The van der Waals surface area contributed by atoms with Crippen molar-refractivity contribution in [2.24, 2.45) is 5.92 Å². The van der Waals surface area contributed by atoms with Gasteiger partial charge in [0.15, 0.2) is 0 Å². The SMILES string of the molecule is CC(C)CN(C)S(=O)(=O)c1cc(N)c(Br)cc1F. The highest BCUT2D eigenvalue weighted by Gasteiger charge is 2.25. The van der Waals surface area contributed by atoms with Crippen LogP contribution in [0.5, 0.6) is 0 Å². The number of hydrogen-bond acceptors (Lipinski definition) is 3. The van der Waals surface area contributed by atoms with Gasteiger partial charge in [0.25, 0.3) is 0 Å². The summed E-state index contributed by atoms with van der Waals surface area (Å²) >= 11 is 3.05. The van der Waals surface area contributed by atoms with Crippen molar-refractivity contribution >= 4 is 31.6 Å². The number of sulfonamides is 1. The molecule has 0 aromatic heterocycles. The van der Waals surface area contributed by atoms with Gasteiger partial charge >= 0.3 is 0 Å². The molecule has 0 radical (unpaired) electrons. The molecule has 1 aromatic rings. The van der Waals surface area contributed by atoms with Gasteiger partial charge in [-0.15, -0.1) is 0 Å². The summed E-state index contributed by atoms with van der Waals surface area (Å²) in [6, 6.07) is 2.19. The third-order valence-electron chi connectivity index (χ3n) is 2.36. The fraction of sp³-hybridized carbons (Fsp3) is 0.455. The van der Waals surface area contributed by atoms with E-state index in [2.05, 4.69) is 15.9 Å². The number of anilines is 1. The molecule has 0 spiro atoms. The molecule has 0 saturated carbocycles. The minimum atomic E-state index is -3.85. The molecule has 0 atom stereocenters. The van der Waals surface area contributed by atoms with Crippen LogP contribution in [-0.4, -0.2) is 26.3 Å². The van der Waals surface area contributed by atoms with Gasteiger partial charge in [0.05, 0.1) is 0 Å². The number of halogens is 2. The summed E-state index contributed by atoms with van der Waals surface area (Å²) in [6.07, 6.45) is 0. The first-order valence-corrected chi connectivity index (χ1v) is 7.60. The highest BCUT2D eigenvalue weighted by molar-refractivity contribution is 9.10. The average molecular weight is 339 g/mol. The predicted molar refractivity (Wildman–Crippen MR) is 73.2 cm³/mol. The first kappa shape index (κ1) is 15.4. The molecule has 0 heterocycles. The van der Waals surface area contributed by atoms with E-state index in [1.165, 1.54) is 7.05 Å². The maximum Gasteiger partial charge on any atom is 0.245 e. The van der Waals surface area contributed by atoms with Gasteiger partial charge in [0.2, 0.25) is 10.0 Å². The lowest BCUT2D eigenvalue weighted by Crippen LogP contribution is -2.31. The standard InChI is InChI=1S/C11H16BrFN2O2S/c1-7(2)6-15(3)18(16,17)11-5-10(14)8(12)4-9(11)13/h4-5,7H,6,14H2,1-3H3. The van der Waals surface area contributed by atoms with Crippen molar-refractivity contribution in [2.75, 3.05) is 19.3 Å². The zero-order valence-electron chi connectivity index (χ0n) is 10.4. The Kier molecular flexibility index (Phi) is 4.74. The van der Waals surface area contributed by atoms with Crippen LogP contribution in [0.15, 0.2) is 21.5 Å². The largest absolute Gasteiger partial charge is 0.398 e. The van der Waals surface area contributed by atoms with Crippen LogP contribution in [0.1, 0.15) is 13.8 Å². The van der Waals surface area contributed by atoms with Crippen LogP contribution in [0.2, 0.25) is 0 Å². The topological polar surface area (TPSA) is 63.4 Å². The van der Waals surface area contributed by atoms with Crippen LogP contribution in [0, 0.1) is 11.7 Å². The Morgan fingerprint density at radius 3 is 2.50 bits per heavy atom. The second kappa shape index (κ2) is 5.54. The fourth-order valence-corrected chi connectivity index (χ4v) is 3.25. The van der Waals surface area contributed by atoms with Gasteiger partial charge in [-0.25, -0.2) is 17.1 Å². The van der Waals surface area contributed by atoms with Crippen LogP contribution < -0.4 is 5.73 Å². The van der Waals surface area contributed by atoms with Crippen molar-refractivity contribution < 1.29 is 12.8 Å². The molecule has 0 aliphatic rings. The van der Waals surface area contributed by atoms with E-state index in [0.29, 0.717) is 11.0 Å². The van der Waals surface area contributed by atoms with E-state index in [1.54, 1.807) is 0 Å². The Morgan fingerprint density at radius 1 is 1.44 bits per heavy atom. The van der Waals surface area contributed by atoms with Gasteiger partial charge in [-0.2, -0.15) is 0 Å². The smallest absolute Gasteiger partial charge is 0.245 e. The van der Waals surface area contributed by atoms with Gasteiger partial charge in [-0.1, -0.05) is 13.8 Å². The summed E-state index contributed by atoms with van der Waals surface area (Å²) in [5.41, 5.74) is 5.78. The van der Waals surface area contributed by atoms with Crippen molar-refractivity contribution in [1.29, 1.82) is 0 Å². The van der Waals surface area contributed by atoms with Crippen LogP contribution >= 0.6 is 15.9 Å². The van der Waals surface area contributed by atoms with Crippen molar-refractivity contribution in [1.82, 2.24) is 4.31 Å². The lowest BCUT2D eigenvalue weighted by molar-refractivity contribution is 0.414. The van der Waals surface area contributed by atoms with E-state index < -0.39 is 20.7 Å². The van der Waals surface area contributed by atoms with E-state index in [0.717, 1.165) is 16.4 Å². The summed E-state index contributed by atoms with van der Waals surface area (Å²) < 4.78 is 39.5. The predicted octanol–water partition coefficient (Wildman–Crippen LogP) is 2.45. The van der Waals surface area contributed by atoms with E-state index >= 15 is 0 Å². The lowest BCUT2D eigenvalue weighted by atomic mass is 10.2. The molecule has 0 saturated heterocycles. The number of nitrogens with two attached hydrogens (primary N) is 1. The quantitative estimate of drug-likeness (QED) is 0.857. The molecule has 0 unspecified atom stereocenters. The molecule has 18 heavy (non-hydrogen) atoms. The molecule has 0 bridgehead atoms. The number of rotatable bonds is 4. The summed E-state index contributed by atoms with van der Waals surface area (Å²) in [6.45, 7) is 4.09. The van der Waals surface area contributed by atoms with E-state index in [9.17, 15) is 12.8 Å². The van der Waals surface area contributed by atoms with Crippen LogP contribution in [0.3, 0.4) is 0 Å². The molecule has 0 amide bonds. The van der Waals surface area contributed by atoms with Crippen LogP contribution in [0.25, 0.3) is 0 Å². The lowest BCUT2D eigenvalue weighted by Gasteiger charge is -2.19. The zero-order chi connectivity index (χ0) is 14.1. The van der Waals surface area contributed by atoms with Gasteiger partial charge < -0.3 is 5.73 Å². The van der Waals surface area contributed by atoms with Crippen molar-refractivity contribution in [3.63, 3.8) is 0 Å². The molecule has 7 heteroatoms. The molecule has 0 aliphatic carbocycles. The second-order valence-electron chi connectivity index (χ2n) is 4.48. The molecule has 1 rings (SSSR count). The monoisotopic (exact) mass is 338 g/mol. The highest BCUT2D eigenvalue weighted by atomic mass is 79.9. The number of benzene rings is 1. The maximum atomic E-state index is 13.7. The van der Waals surface area contributed by atoms with Gasteiger partial charge in [-0.3, -0.25) is 0 Å². The Morgan fingerprint density at radius 2 is 2.00 bits per heavy atom. The van der Waals surface area contributed by atoms with E-state index in [1.807, 2.05) is 13.8 Å².